The molecule has 0 amide bonds. The lowest BCUT2D eigenvalue weighted by molar-refractivity contribution is -0.116. The third-order valence-electron chi connectivity index (χ3n) is 5.24. The molecule has 2 atom stereocenters. The maximum absolute atomic E-state index is 12.9. The van der Waals surface area contributed by atoms with Crippen molar-refractivity contribution in [1.29, 1.82) is 0 Å². The van der Waals surface area contributed by atoms with Crippen molar-refractivity contribution in [2.75, 3.05) is 0 Å². The fraction of sp³-hybridized carbons (Fsp3) is 1.00. The Hall–Kier alpha value is -0.155. The Bertz CT molecular complexity index is 346. The summed E-state index contributed by atoms with van der Waals surface area (Å²) in [5.74, 6) is -1.51. The lowest BCUT2D eigenvalue weighted by Crippen LogP contribution is -2.41. The summed E-state index contributed by atoms with van der Waals surface area (Å²) < 4.78 is 37.7. The predicted molar refractivity (Wildman–Crippen MR) is 65.6 cm³/mol. The zero-order chi connectivity index (χ0) is 13.3. The van der Waals surface area contributed by atoms with E-state index in [1.807, 2.05) is 27.7 Å². The van der Waals surface area contributed by atoms with Crippen LogP contribution in [0, 0.1) is 11.8 Å². The van der Waals surface area contributed by atoms with E-state index < -0.39 is 5.92 Å². The fourth-order valence-corrected chi connectivity index (χ4v) is 3.16. The summed E-state index contributed by atoms with van der Waals surface area (Å²) in [6.07, 6.45) is 1.11. The van der Waals surface area contributed by atoms with Crippen LogP contribution in [0.5, 0.6) is 0 Å². The van der Waals surface area contributed by atoms with Crippen molar-refractivity contribution in [3.63, 3.8) is 0 Å². The van der Waals surface area contributed by atoms with Crippen LogP contribution in [0.4, 0.5) is 8.78 Å². The lowest BCUT2D eigenvalue weighted by atomic mass is 9.72. The average molecular weight is 258 g/mol. The maximum Gasteiger partial charge on any atom is 0.461 e. The highest BCUT2D eigenvalue weighted by Gasteiger charge is 2.63. The molecule has 3 aliphatic rings. The van der Waals surface area contributed by atoms with Gasteiger partial charge < -0.3 is 9.31 Å². The molecule has 0 bridgehead atoms. The van der Waals surface area contributed by atoms with Crippen LogP contribution < -0.4 is 0 Å². The molecule has 0 unspecified atom stereocenters. The van der Waals surface area contributed by atoms with E-state index in [4.69, 9.17) is 9.31 Å². The second-order valence-electron chi connectivity index (χ2n) is 7.21. The normalized spacial score (nSPS) is 40.7. The Kier molecular flexibility index (Phi) is 2.49. The molecule has 2 aliphatic carbocycles. The number of hydrogen-bond donors (Lipinski definition) is 0. The molecule has 1 heterocycles. The molecule has 18 heavy (non-hydrogen) atoms. The highest BCUT2D eigenvalue weighted by atomic mass is 19.3. The largest absolute Gasteiger partial charge is 0.461 e. The summed E-state index contributed by atoms with van der Waals surface area (Å²) in [6, 6.07) is 0. The molecule has 0 N–H and O–H groups in total. The van der Waals surface area contributed by atoms with Gasteiger partial charge in [0.2, 0.25) is 5.92 Å². The molecular weight excluding hydrogens is 237 g/mol. The van der Waals surface area contributed by atoms with Crippen LogP contribution in [0.25, 0.3) is 0 Å². The van der Waals surface area contributed by atoms with E-state index in [-0.39, 0.29) is 37.1 Å². The van der Waals surface area contributed by atoms with Crippen molar-refractivity contribution in [1.82, 2.24) is 0 Å². The predicted octanol–water partition coefficient (Wildman–Crippen LogP) is 3.51. The molecule has 0 radical (unpaired) electrons. The summed E-state index contributed by atoms with van der Waals surface area (Å²) in [6.45, 7) is 8.12. The van der Waals surface area contributed by atoms with Gasteiger partial charge in [0, 0.05) is 12.8 Å². The SMILES string of the molecule is CC1(C)OB([C@@H]2C[C@@H]2C2CC(F)(F)C2)OC1(C)C. The van der Waals surface area contributed by atoms with Crippen molar-refractivity contribution >= 4 is 7.12 Å². The van der Waals surface area contributed by atoms with Crippen LogP contribution >= 0.6 is 0 Å². The second kappa shape index (κ2) is 3.48. The van der Waals surface area contributed by atoms with Gasteiger partial charge in [0.05, 0.1) is 11.2 Å². The molecule has 3 fully saturated rings. The zero-order valence-corrected chi connectivity index (χ0v) is 11.5. The number of halogens is 2. The van der Waals surface area contributed by atoms with Gasteiger partial charge in [-0.05, 0) is 51.8 Å². The van der Waals surface area contributed by atoms with Crippen molar-refractivity contribution in [3.8, 4) is 0 Å². The smallest absolute Gasteiger partial charge is 0.403 e. The van der Waals surface area contributed by atoms with Crippen molar-refractivity contribution in [3.05, 3.63) is 0 Å². The van der Waals surface area contributed by atoms with Gasteiger partial charge in [-0.25, -0.2) is 8.78 Å². The highest BCUT2D eigenvalue weighted by molar-refractivity contribution is 6.48. The first-order chi connectivity index (χ1) is 8.11. The van der Waals surface area contributed by atoms with E-state index in [2.05, 4.69) is 0 Å². The van der Waals surface area contributed by atoms with Gasteiger partial charge in [-0.15, -0.1) is 0 Å². The van der Waals surface area contributed by atoms with E-state index in [0.29, 0.717) is 11.7 Å². The van der Waals surface area contributed by atoms with Crippen molar-refractivity contribution in [2.45, 2.75) is 69.9 Å². The average Bonchev–Trinajstić information content (AvgIpc) is 2.86. The minimum Gasteiger partial charge on any atom is -0.403 e. The molecule has 2 nitrogen and oxygen atoms in total. The molecule has 0 spiro atoms. The molecule has 0 aromatic rings. The van der Waals surface area contributed by atoms with Crippen LogP contribution in [0.15, 0.2) is 0 Å². The quantitative estimate of drug-likeness (QED) is 0.705. The molecule has 1 aliphatic heterocycles. The van der Waals surface area contributed by atoms with Crippen LogP contribution in [0.1, 0.15) is 47.0 Å². The molecule has 2 saturated carbocycles. The molecule has 0 aromatic heterocycles. The molecule has 5 heteroatoms. The van der Waals surface area contributed by atoms with E-state index >= 15 is 0 Å². The summed E-state index contributed by atoms with van der Waals surface area (Å²) in [5.41, 5.74) is -0.622. The topological polar surface area (TPSA) is 18.5 Å². The van der Waals surface area contributed by atoms with Crippen LogP contribution in [0.3, 0.4) is 0 Å². The van der Waals surface area contributed by atoms with E-state index in [9.17, 15) is 8.78 Å². The molecule has 1 saturated heterocycles. The van der Waals surface area contributed by atoms with Gasteiger partial charge in [-0.3, -0.25) is 0 Å². The van der Waals surface area contributed by atoms with Gasteiger partial charge in [0.15, 0.2) is 0 Å². The van der Waals surface area contributed by atoms with Crippen LogP contribution in [0.2, 0.25) is 5.82 Å². The van der Waals surface area contributed by atoms with Gasteiger partial charge in [0.1, 0.15) is 0 Å². The number of hydrogen-bond acceptors (Lipinski definition) is 2. The Morgan fingerprint density at radius 3 is 1.94 bits per heavy atom. The van der Waals surface area contributed by atoms with Gasteiger partial charge in [0.25, 0.3) is 0 Å². The lowest BCUT2D eigenvalue weighted by Gasteiger charge is -2.35. The van der Waals surface area contributed by atoms with E-state index in [1.165, 1.54) is 0 Å². The van der Waals surface area contributed by atoms with Gasteiger partial charge in [-0.1, -0.05) is 0 Å². The Morgan fingerprint density at radius 2 is 1.50 bits per heavy atom. The molecular formula is C13H21BF2O2. The van der Waals surface area contributed by atoms with Crippen LogP contribution in [-0.2, 0) is 9.31 Å². The third kappa shape index (κ3) is 1.90. The first kappa shape index (κ1) is 12.9. The summed E-state index contributed by atoms with van der Waals surface area (Å²) in [5, 5.41) is 0. The first-order valence-electron chi connectivity index (χ1n) is 6.85. The van der Waals surface area contributed by atoms with Crippen molar-refractivity contribution < 1.29 is 18.1 Å². The number of rotatable bonds is 2. The van der Waals surface area contributed by atoms with E-state index in [1.54, 1.807) is 0 Å². The monoisotopic (exact) mass is 258 g/mol. The fourth-order valence-electron chi connectivity index (χ4n) is 3.16. The van der Waals surface area contributed by atoms with E-state index in [0.717, 1.165) is 6.42 Å². The third-order valence-corrected chi connectivity index (χ3v) is 5.24. The molecule has 3 rings (SSSR count). The Balaban J connectivity index is 1.57. The summed E-state index contributed by atoms with van der Waals surface area (Å²) >= 11 is 0. The maximum atomic E-state index is 12.9. The zero-order valence-electron chi connectivity index (χ0n) is 11.5. The minimum atomic E-state index is -2.41. The second-order valence-corrected chi connectivity index (χ2v) is 7.21. The highest BCUT2D eigenvalue weighted by Crippen LogP contribution is 2.62. The summed E-state index contributed by atoms with van der Waals surface area (Å²) in [7, 11) is -0.200. The van der Waals surface area contributed by atoms with Crippen LogP contribution in [-0.4, -0.2) is 24.2 Å². The van der Waals surface area contributed by atoms with Crippen molar-refractivity contribution in [2.24, 2.45) is 11.8 Å². The minimum absolute atomic E-state index is 0.0632. The van der Waals surface area contributed by atoms with Gasteiger partial charge in [-0.2, -0.15) is 0 Å². The molecule has 0 aromatic carbocycles. The first-order valence-corrected chi connectivity index (χ1v) is 6.85. The Labute approximate surface area is 108 Å². The standard InChI is InChI=1S/C13H21BF2O2/c1-11(2)12(3,4)18-14(17-11)10-5-9(10)8-6-13(15,16)7-8/h8-10H,5-7H2,1-4H3/t9-,10-/m1/s1. The van der Waals surface area contributed by atoms with Gasteiger partial charge >= 0.3 is 7.12 Å². The Morgan fingerprint density at radius 1 is 1.00 bits per heavy atom. The molecule has 102 valence electrons. The number of alkyl halides is 2. The summed E-state index contributed by atoms with van der Waals surface area (Å²) in [4.78, 5) is 0.